The van der Waals surface area contributed by atoms with Gasteiger partial charge in [0.2, 0.25) is 0 Å². The lowest BCUT2D eigenvalue weighted by Gasteiger charge is -2.36. The van der Waals surface area contributed by atoms with Crippen molar-refractivity contribution in [3.05, 3.63) is 48.2 Å². The lowest BCUT2D eigenvalue weighted by atomic mass is 10.2. The molecule has 0 bridgehead atoms. The molecule has 1 amide bonds. The topological polar surface area (TPSA) is 71.7 Å². The van der Waals surface area contributed by atoms with Gasteiger partial charge in [0.25, 0.3) is 5.91 Å². The van der Waals surface area contributed by atoms with Gasteiger partial charge in [-0.3, -0.25) is 4.79 Å². The molecule has 0 saturated carbocycles. The average molecular weight is 312 g/mol. The van der Waals surface area contributed by atoms with E-state index in [1.807, 2.05) is 29.2 Å². The first kappa shape index (κ1) is 15.1. The zero-order valence-corrected chi connectivity index (χ0v) is 13.1. The van der Waals surface area contributed by atoms with Crippen LogP contribution in [0.25, 0.3) is 0 Å². The number of piperazine rings is 1. The fraction of sp³-hybridized carbons (Fsp3) is 0.294. The summed E-state index contributed by atoms with van der Waals surface area (Å²) in [5, 5.41) is 0. The van der Waals surface area contributed by atoms with Gasteiger partial charge in [-0.1, -0.05) is 12.1 Å². The number of benzene rings is 1. The van der Waals surface area contributed by atoms with E-state index in [1.54, 1.807) is 25.4 Å². The number of hydrogen-bond donors (Lipinski definition) is 1. The highest BCUT2D eigenvalue weighted by molar-refractivity contribution is 5.98. The molecule has 1 aromatic carbocycles. The van der Waals surface area contributed by atoms with E-state index in [2.05, 4.69) is 9.88 Å². The van der Waals surface area contributed by atoms with Crippen LogP contribution >= 0.6 is 0 Å². The number of carbonyl (C=O) groups excluding carboxylic acids is 1. The van der Waals surface area contributed by atoms with Gasteiger partial charge in [-0.25, -0.2) is 4.98 Å². The monoisotopic (exact) mass is 312 g/mol. The number of pyridine rings is 1. The molecule has 1 aliphatic rings. The molecule has 0 spiro atoms. The van der Waals surface area contributed by atoms with Gasteiger partial charge in [0, 0.05) is 32.4 Å². The van der Waals surface area contributed by atoms with E-state index in [1.165, 1.54) is 0 Å². The number of rotatable bonds is 3. The summed E-state index contributed by atoms with van der Waals surface area (Å²) in [5.41, 5.74) is 7.33. The summed E-state index contributed by atoms with van der Waals surface area (Å²) >= 11 is 0. The number of nitrogens with two attached hydrogens (primary N) is 1. The maximum atomic E-state index is 12.5. The number of nitrogen functional groups attached to an aromatic ring is 1. The third kappa shape index (κ3) is 3.06. The first-order valence-electron chi connectivity index (χ1n) is 7.58. The van der Waals surface area contributed by atoms with Crippen LogP contribution in [-0.4, -0.2) is 49.1 Å². The molecule has 6 heteroatoms. The average Bonchev–Trinajstić information content (AvgIpc) is 2.61. The van der Waals surface area contributed by atoms with E-state index in [-0.39, 0.29) is 11.7 Å². The van der Waals surface area contributed by atoms with Gasteiger partial charge in [0.05, 0.1) is 18.4 Å². The molecule has 2 aromatic rings. The zero-order chi connectivity index (χ0) is 16.2. The minimum Gasteiger partial charge on any atom is -0.495 e. The van der Waals surface area contributed by atoms with Crippen molar-refractivity contribution in [2.45, 2.75) is 0 Å². The maximum Gasteiger partial charge on any atom is 0.257 e. The van der Waals surface area contributed by atoms with E-state index in [4.69, 9.17) is 10.5 Å². The van der Waals surface area contributed by atoms with E-state index >= 15 is 0 Å². The van der Waals surface area contributed by atoms with E-state index in [0.29, 0.717) is 18.7 Å². The second-order valence-corrected chi connectivity index (χ2v) is 5.39. The van der Waals surface area contributed by atoms with Gasteiger partial charge in [-0.15, -0.1) is 0 Å². The van der Waals surface area contributed by atoms with Crippen LogP contribution in [0.3, 0.4) is 0 Å². The molecule has 2 heterocycles. The fourth-order valence-corrected chi connectivity index (χ4v) is 2.81. The second-order valence-electron chi connectivity index (χ2n) is 5.39. The Kier molecular flexibility index (Phi) is 4.32. The predicted molar refractivity (Wildman–Crippen MR) is 89.8 cm³/mol. The van der Waals surface area contributed by atoms with Crippen LogP contribution in [0.2, 0.25) is 0 Å². The van der Waals surface area contributed by atoms with Gasteiger partial charge in [-0.2, -0.15) is 0 Å². The Hall–Kier alpha value is -2.76. The van der Waals surface area contributed by atoms with Crippen molar-refractivity contribution in [3.8, 4) is 5.75 Å². The zero-order valence-electron chi connectivity index (χ0n) is 13.1. The summed E-state index contributed by atoms with van der Waals surface area (Å²) in [6.45, 7) is 2.80. The highest BCUT2D eigenvalue weighted by Crippen LogP contribution is 2.28. The summed E-state index contributed by atoms with van der Waals surface area (Å²) < 4.78 is 5.41. The molecule has 6 nitrogen and oxygen atoms in total. The quantitative estimate of drug-likeness (QED) is 0.933. The van der Waals surface area contributed by atoms with Crippen LogP contribution in [0, 0.1) is 0 Å². The Morgan fingerprint density at radius 1 is 1.13 bits per heavy atom. The SMILES string of the molecule is COc1ccccc1N1CCN(C(=O)c2cccnc2N)CC1. The Bertz CT molecular complexity index is 696. The van der Waals surface area contributed by atoms with Gasteiger partial charge >= 0.3 is 0 Å². The highest BCUT2D eigenvalue weighted by Gasteiger charge is 2.24. The molecule has 1 aromatic heterocycles. The predicted octanol–water partition coefficient (Wildman–Crippen LogP) is 1.63. The number of para-hydroxylation sites is 2. The third-order valence-corrected chi connectivity index (χ3v) is 4.06. The van der Waals surface area contributed by atoms with Gasteiger partial charge in [0.1, 0.15) is 11.6 Å². The largest absolute Gasteiger partial charge is 0.495 e. The summed E-state index contributed by atoms with van der Waals surface area (Å²) in [6, 6.07) is 11.4. The summed E-state index contributed by atoms with van der Waals surface area (Å²) in [4.78, 5) is 20.6. The highest BCUT2D eigenvalue weighted by atomic mass is 16.5. The lowest BCUT2D eigenvalue weighted by Crippen LogP contribution is -2.49. The Morgan fingerprint density at radius 2 is 1.87 bits per heavy atom. The van der Waals surface area contributed by atoms with E-state index in [9.17, 15) is 4.79 Å². The van der Waals surface area contributed by atoms with Crippen LogP contribution in [0.4, 0.5) is 11.5 Å². The number of carbonyl (C=O) groups is 1. The molecular formula is C17H20N4O2. The fourth-order valence-electron chi connectivity index (χ4n) is 2.81. The summed E-state index contributed by atoms with van der Waals surface area (Å²) in [6.07, 6.45) is 1.59. The van der Waals surface area contributed by atoms with Crippen molar-refractivity contribution in [3.63, 3.8) is 0 Å². The first-order chi connectivity index (χ1) is 11.2. The minimum atomic E-state index is -0.0599. The second kappa shape index (κ2) is 6.56. The smallest absolute Gasteiger partial charge is 0.257 e. The molecule has 0 atom stereocenters. The van der Waals surface area contributed by atoms with Crippen molar-refractivity contribution < 1.29 is 9.53 Å². The third-order valence-electron chi connectivity index (χ3n) is 4.06. The normalized spacial score (nSPS) is 14.7. The molecule has 0 unspecified atom stereocenters. The first-order valence-corrected chi connectivity index (χ1v) is 7.58. The molecule has 3 rings (SSSR count). The van der Waals surface area contributed by atoms with Crippen LogP contribution in [0.15, 0.2) is 42.6 Å². The molecule has 23 heavy (non-hydrogen) atoms. The number of methoxy groups -OCH3 is 1. The van der Waals surface area contributed by atoms with Crippen LogP contribution in [-0.2, 0) is 0 Å². The number of amides is 1. The molecule has 120 valence electrons. The van der Waals surface area contributed by atoms with Crippen molar-refractivity contribution in [2.24, 2.45) is 0 Å². The Balaban J connectivity index is 1.69. The number of ether oxygens (including phenoxy) is 1. The van der Waals surface area contributed by atoms with Crippen molar-refractivity contribution in [2.75, 3.05) is 43.9 Å². The lowest BCUT2D eigenvalue weighted by molar-refractivity contribution is 0.0747. The molecule has 2 N–H and O–H groups in total. The van der Waals surface area contributed by atoms with Gasteiger partial charge < -0.3 is 20.3 Å². The Morgan fingerprint density at radius 3 is 2.57 bits per heavy atom. The van der Waals surface area contributed by atoms with Gasteiger partial charge in [-0.05, 0) is 24.3 Å². The molecule has 1 saturated heterocycles. The van der Waals surface area contributed by atoms with Crippen molar-refractivity contribution in [1.82, 2.24) is 9.88 Å². The number of nitrogens with zero attached hydrogens (tertiary/aromatic N) is 3. The Labute approximate surface area is 135 Å². The van der Waals surface area contributed by atoms with E-state index in [0.717, 1.165) is 24.5 Å². The molecule has 0 aliphatic carbocycles. The number of aromatic nitrogens is 1. The van der Waals surface area contributed by atoms with Crippen molar-refractivity contribution >= 4 is 17.4 Å². The van der Waals surface area contributed by atoms with Crippen LogP contribution in [0.5, 0.6) is 5.75 Å². The summed E-state index contributed by atoms with van der Waals surface area (Å²) in [5.74, 6) is 1.07. The van der Waals surface area contributed by atoms with Crippen LogP contribution < -0.4 is 15.4 Å². The summed E-state index contributed by atoms with van der Waals surface area (Å²) in [7, 11) is 1.67. The number of hydrogen-bond acceptors (Lipinski definition) is 5. The molecule has 1 aliphatic heterocycles. The molecular weight excluding hydrogens is 292 g/mol. The molecule has 1 fully saturated rings. The van der Waals surface area contributed by atoms with E-state index < -0.39 is 0 Å². The van der Waals surface area contributed by atoms with Gasteiger partial charge in [0.15, 0.2) is 0 Å². The number of anilines is 2. The molecule has 0 radical (unpaired) electrons. The van der Waals surface area contributed by atoms with Crippen LogP contribution in [0.1, 0.15) is 10.4 Å². The minimum absolute atomic E-state index is 0.0599. The standard InChI is InChI=1S/C17H20N4O2/c1-23-15-7-3-2-6-14(15)20-9-11-21(12-10-20)17(22)13-5-4-8-19-16(13)18/h2-8H,9-12H2,1H3,(H2,18,19). The maximum absolute atomic E-state index is 12.5. The van der Waals surface area contributed by atoms with Crippen molar-refractivity contribution in [1.29, 1.82) is 0 Å².